The van der Waals surface area contributed by atoms with Gasteiger partial charge in [0.05, 0.1) is 12.1 Å². The van der Waals surface area contributed by atoms with E-state index in [2.05, 4.69) is 5.32 Å². The van der Waals surface area contributed by atoms with Crippen molar-refractivity contribution in [1.82, 2.24) is 4.90 Å². The Hall–Kier alpha value is -3.35. The molecule has 0 aliphatic heterocycles. The fraction of sp³-hybridized carbons (Fsp3) is 0.250. The van der Waals surface area contributed by atoms with E-state index >= 15 is 0 Å². The molecule has 0 aliphatic carbocycles. The summed E-state index contributed by atoms with van der Waals surface area (Å²) in [4.78, 5) is 37.4. The first-order valence-corrected chi connectivity index (χ1v) is 8.40. The lowest BCUT2D eigenvalue weighted by atomic mass is 10.1. The largest absolute Gasteiger partial charge is 0.452 e. The molecule has 0 heterocycles. The molecule has 7 nitrogen and oxygen atoms in total. The Labute approximate surface area is 158 Å². The third-order valence-corrected chi connectivity index (χ3v) is 4.01. The number of hydrogen-bond donors (Lipinski definition) is 2. The molecule has 0 atom stereocenters. The van der Waals surface area contributed by atoms with Crippen LogP contribution in [0, 0.1) is 13.8 Å². The van der Waals surface area contributed by atoms with Crippen LogP contribution in [0.2, 0.25) is 0 Å². The molecule has 2 amide bonds. The summed E-state index contributed by atoms with van der Waals surface area (Å²) in [5.41, 5.74) is 8.86. The molecule has 2 aromatic rings. The number of benzene rings is 2. The fourth-order valence-corrected chi connectivity index (χ4v) is 2.31. The van der Waals surface area contributed by atoms with Crippen molar-refractivity contribution in [2.24, 2.45) is 0 Å². The Bertz CT molecular complexity index is 847. The van der Waals surface area contributed by atoms with Crippen LogP contribution in [0.5, 0.6) is 0 Å². The molecule has 3 N–H and O–H groups in total. The number of likely N-dealkylation sites (N-methyl/N-ethyl adjacent to an activating group) is 1. The summed E-state index contributed by atoms with van der Waals surface area (Å²) in [6.07, 6.45) is 0. The molecule has 0 spiro atoms. The lowest BCUT2D eigenvalue weighted by Crippen LogP contribution is -2.37. The Morgan fingerprint density at radius 3 is 2.41 bits per heavy atom. The van der Waals surface area contributed by atoms with Crippen LogP contribution in [0.1, 0.15) is 21.5 Å². The van der Waals surface area contributed by atoms with Crippen molar-refractivity contribution in [2.75, 3.05) is 31.2 Å². The van der Waals surface area contributed by atoms with Crippen molar-refractivity contribution in [3.8, 4) is 0 Å². The molecule has 0 saturated carbocycles. The first-order chi connectivity index (χ1) is 12.8. The van der Waals surface area contributed by atoms with Crippen LogP contribution in [0.3, 0.4) is 0 Å². The molecule has 0 radical (unpaired) electrons. The van der Waals surface area contributed by atoms with Gasteiger partial charge in [0.2, 0.25) is 5.91 Å². The SMILES string of the molecule is Cc1ccc(NC(=O)CN(C)C(=O)COC(=O)c2cccc(C)c2N)cc1. The third-order valence-electron chi connectivity index (χ3n) is 4.01. The molecule has 7 heteroatoms. The highest BCUT2D eigenvalue weighted by Crippen LogP contribution is 2.17. The van der Waals surface area contributed by atoms with Gasteiger partial charge < -0.3 is 20.7 Å². The molecule has 142 valence electrons. The molecule has 2 rings (SSSR count). The summed E-state index contributed by atoms with van der Waals surface area (Å²) in [5.74, 6) is -1.51. The van der Waals surface area contributed by atoms with Gasteiger partial charge in [-0.3, -0.25) is 9.59 Å². The number of para-hydroxylation sites is 1. The lowest BCUT2D eigenvalue weighted by Gasteiger charge is -2.17. The van der Waals surface area contributed by atoms with Gasteiger partial charge in [-0.05, 0) is 37.6 Å². The van der Waals surface area contributed by atoms with Crippen LogP contribution in [0.15, 0.2) is 42.5 Å². The smallest absolute Gasteiger partial charge is 0.340 e. The molecule has 2 aromatic carbocycles. The highest BCUT2D eigenvalue weighted by atomic mass is 16.5. The van der Waals surface area contributed by atoms with Crippen molar-refractivity contribution in [2.45, 2.75) is 13.8 Å². The number of ether oxygens (including phenoxy) is 1. The number of nitrogens with one attached hydrogen (secondary N) is 1. The molecule has 0 bridgehead atoms. The number of carbonyl (C=O) groups is 3. The Balaban J connectivity index is 1.84. The standard InChI is InChI=1S/C20H23N3O4/c1-13-7-9-15(10-8-13)22-17(24)11-23(3)18(25)12-27-20(26)16-6-4-5-14(2)19(16)21/h4-10H,11-12,21H2,1-3H3,(H,22,24). The second kappa shape index (κ2) is 8.84. The van der Waals surface area contributed by atoms with Crippen molar-refractivity contribution < 1.29 is 19.1 Å². The van der Waals surface area contributed by atoms with Gasteiger partial charge in [0.25, 0.3) is 5.91 Å². The number of amides is 2. The highest BCUT2D eigenvalue weighted by Gasteiger charge is 2.17. The minimum atomic E-state index is -0.679. The predicted molar refractivity (Wildman–Crippen MR) is 103 cm³/mol. The summed E-state index contributed by atoms with van der Waals surface area (Å²) in [7, 11) is 1.46. The van der Waals surface area contributed by atoms with Crippen molar-refractivity contribution in [1.29, 1.82) is 0 Å². The van der Waals surface area contributed by atoms with Crippen LogP contribution in [-0.2, 0) is 14.3 Å². The first kappa shape index (κ1) is 20.0. The summed E-state index contributed by atoms with van der Waals surface area (Å²) in [5, 5.41) is 2.70. The van der Waals surface area contributed by atoms with E-state index in [1.807, 2.05) is 19.1 Å². The number of nitrogens with two attached hydrogens (primary N) is 1. The lowest BCUT2D eigenvalue weighted by molar-refractivity contribution is -0.136. The fourth-order valence-electron chi connectivity index (χ4n) is 2.31. The zero-order chi connectivity index (χ0) is 20.0. The zero-order valence-corrected chi connectivity index (χ0v) is 15.6. The predicted octanol–water partition coefficient (Wildman–Crippen LogP) is 2.14. The van der Waals surface area contributed by atoms with Crippen molar-refractivity contribution >= 4 is 29.2 Å². The number of aryl methyl sites for hydroxylation is 2. The Kier molecular flexibility index (Phi) is 6.54. The Morgan fingerprint density at radius 2 is 1.74 bits per heavy atom. The minimum Gasteiger partial charge on any atom is -0.452 e. The third kappa shape index (κ3) is 5.57. The molecular formula is C20H23N3O4. The summed E-state index contributed by atoms with van der Waals surface area (Å²) >= 11 is 0. The number of nitrogens with zero attached hydrogens (tertiary/aromatic N) is 1. The van der Waals surface area contributed by atoms with Gasteiger partial charge in [-0.2, -0.15) is 0 Å². The topological polar surface area (TPSA) is 102 Å². The van der Waals surface area contributed by atoms with E-state index in [1.165, 1.54) is 18.0 Å². The Morgan fingerprint density at radius 1 is 1.07 bits per heavy atom. The van der Waals surface area contributed by atoms with Crippen LogP contribution in [0.4, 0.5) is 11.4 Å². The minimum absolute atomic E-state index is 0.156. The number of nitrogen functional groups attached to an aromatic ring is 1. The first-order valence-electron chi connectivity index (χ1n) is 8.40. The van der Waals surface area contributed by atoms with E-state index in [1.54, 1.807) is 31.2 Å². The van der Waals surface area contributed by atoms with E-state index in [4.69, 9.17) is 10.5 Å². The number of carbonyl (C=O) groups excluding carboxylic acids is 3. The second-order valence-electron chi connectivity index (χ2n) is 6.28. The quantitative estimate of drug-likeness (QED) is 0.600. The van der Waals surface area contributed by atoms with Crippen LogP contribution >= 0.6 is 0 Å². The van der Waals surface area contributed by atoms with E-state index in [0.29, 0.717) is 11.4 Å². The average molecular weight is 369 g/mol. The monoisotopic (exact) mass is 369 g/mol. The van der Waals surface area contributed by atoms with E-state index in [-0.39, 0.29) is 18.0 Å². The molecule has 0 aliphatic rings. The molecule has 0 aromatic heterocycles. The number of rotatable bonds is 6. The second-order valence-corrected chi connectivity index (χ2v) is 6.28. The van der Waals surface area contributed by atoms with Crippen LogP contribution < -0.4 is 11.1 Å². The van der Waals surface area contributed by atoms with Gasteiger partial charge in [0.1, 0.15) is 0 Å². The zero-order valence-electron chi connectivity index (χ0n) is 15.6. The molecule has 27 heavy (non-hydrogen) atoms. The average Bonchev–Trinajstić information content (AvgIpc) is 2.63. The van der Waals surface area contributed by atoms with Gasteiger partial charge in [0.15, 0.2) is 6.61 Å². The van der Waals surface area contributed by atoms with Gasteiger partial charge in [-0.15, -0.1) is 0 Å². The summed E-state index contributed by atoms with van der Waals surface area (Å²) in [6.45, 7) is 3.10. The number of anilines is 2. The van der Waals surface area contributed by atoms with Gasteiger partial charge in [0, 0.05) is 18.4 Å². The summed E-state index contributed by atoms with van der Waals surface area (Å²) in [6, 6.07) is 12.3. The number of esters is 1. The van der Waals surface area contributed by atoms with Gasteiger partial charge >= 0.3 is 5.97 Å². The maximum atomic E-state index is 12.1. The maximum absolute atomic E-state index is 12.1. The van der Waals surface area contributed by atoms with E-state index in [0.717, 1.165) is 11.1 Å². The maximum Gasteiger partial charge on any atom is 0.340 e. The molecule has 0 unspecified atom stereocenters. The molecule has 0 fully saturated rings. The van der Waals surface area contributed by atoms with Crippen molar-refractivity contribution in [3.63, 3.8) is 0 Å². The van der Waals surface area contributed by atoms with Crippen LogP contribution in [-0.4, -0.2) is 42.9 Å². The van der Waals surface area contributed by atoms with Gasteiger partial charge in [-0.1, -0.05) is 29.8 Å². The molecule has 0 saturated heterocycles. The van der Waals surface area contributed by atoms with E-state index < -0.39 is 18.5 Å². The van der Waals surface area contributed by atoms with Crippen LogP contribution in [0.25, 0.3) is 0 Å². The highest BCUT2D eigenvalue weighted by molar-refractivity contribution is 5.97. The number of hydrogen-bond acceptors (Lipinski definition) is 5. The molecular weight excluding hydrogens is 346 g/mol. The van der Waals surface area contributed by atoms with Gasteiger partial charge in [-0.25, -0.2) is 4.79 Å². The van der Waals surface area contributed by atoms with Crippen molar-refractivity contribution in [3.05, 3.63) is 59.2 Å². The van der Waals surface area contributed by atoms with E-state index in [9.17, 15) is 14.4 Å². The summed E-state index contributed by atoms with van der Waals surface area (Å²) < 4.78 is 5.02. The normalized spacial score (nSPS) is 10.2.